The summed E-state index contributed by atoms with van der Waals surface area (Å²) < 4.78 is 9.65. The Balaban J connectivity index is 1.20. The van der Waals surface area contributed by atoms with Gasteiger partial charge in [0.1, 0.15) is 18.0 Å². The molecule has 0 bridgehead atoms. The van der Waals surface area contributed by atoms with Crippen molar-refractivity contribution in [1.29, 1.82) is 0 Å². The molecule has 3 heterocycles. The van der Waals surface area contributed by atoms with Crippen molar-refractivity contribution in [3.63, 3.8) is 0 Å². The summed E-state index contributed by atoms with van der Waals surface area (Å²) in [6, 6.07) is 20.9. The topological polar surface area (TPSA) is 73.5 Å². The molecule has 1 N–H and O–H groups in total. The minimum absolute atomic E-state index is 0.146. The molecule has 0 unspecified atom stereocenters. The summed E-state index contributed by atoms with van der Waals surface area (Å²) >= 11 is 0. The van der Waals surface area contributed by atoms with Gasteiger partial charge in [0.15, 0.2) is 0 Å². The highest BCUT2D eigenvalue weighted by Gasteiger charge is 2.09. The van der Waals surface area contributed by atoms with Crippen LogP contribution in [-0.4, -0.2) is 25.1 Å². The van der Waals surface area contributed by atoms with Crippen molar-refractivity contribution in [1.82, 2.24) is 24.5 Å². The first-order valence-corrected chi connectivity index (χ1v) is 10.7. The Labute approximate surface area is 191 Å². The number of aryl methyl sites for hydroxylation is 1. The molecule has 164 valence electrons. The van der Waals surface area contributed by atoms with E-state index in [-0.39, 0.29) is 5.91 Å². The summed E-state index contributed by atoms with van der Waals surface area (Å²) in [5.74, 6) is 0.539. The summed E-state index contributed by atoms with van der Waals surface area (Å²) in [5, 5.41) is 7.26. The summed E-state index contributed by atoms with van der Waals surface area (Å²) in [6.45, 7) is 2.80. The van der Waals surface area contributed by atoms with Crippen LogP contribution in [0.4, 0.5) is 0 Å². The van der Waals surface area contributed by atoms with Crippen LogP contribution in [0.25, 0.3) is 11.3 Å². The van der Waals surface area contributed by atoms with Gasteiger partial charge in [-0.15, -0.1) is 0 Å². The molecule has 33 heavy (non-hydrogen) atoms. The van der Waals surface area contributed by atoms with Crippen LogP contribution in [0.2, 0.25) is 0 Å². The van der Waals surface area contributed by atoms with Gasteiger partial charge in [0.25, 0.3) is 5.91 Å². The summed E-state index contributed by atoms with van der Waals surface area (Å²) in [5.41, 5.74) is 5.39. The molecule has 0 aliphatic carbocycles. The van der Waals surface area contributed by atoms with Gasteiger partial charge in [-0.25, -0.2) is 9.67 Å². The SMILES string of the molecule is Cc1cccn2cc(COc3ccc(C(=O)NCc4ccccc4-n4cccn4)cc3)nc12. The fraction of sp³-hybridized carbons (Fsp3) is 0.115. The lowest BCUT2D eigenvalue weighted by Crippen LogP contribution is -2.23. The second-order valence-corrected chi connectivity index (χ2v) is 7.73. The van der Waals surface area contributed by atoms with Crippen molar-refractivity contribution in [3.05, 3.63) is 114 Å². The average Bonchev–Trinajstić information content (AvgIpc) is 3.53. The molecule has 0 radical (unpaired) electrons. The monoisotopic (exact) mass is 437 g/mol. The standard InChI is InChI=1S/C26H23N5O2/c1-19-6-4-14-30-17-22(29-25(19)30)18-33-23-11-9-20(10-12-23)26(32)27-16-21-7-2-3-8-24(21)31-15-5-13-28-31/h2-15,17H,16,18H2,1H3,(H,27,32). The zero-order valence-electron chi connectivity index (χ0n) is 18.2. The third kappa shape index (κ3) is 4.48. The smallest absolute Gasteiger partial charge is 0.251 e. The molecule has 0 spiro atoms. The maximum absolute atomic E-state index is 12.7. The van der Waals surface area contributed by atoms with Crippen molar-refractivity contribution in [2.24, 2.45) is 0 Å². The second kappa shape index (κ2) is 9.00. The summed E-state index contributed by atoms with van der Waals surface area (Å²) in [6.07, 6.45) is 7.55. The number of fused-ring (bicyclic) bond motifs is 1. The predicted molar refractivity (Wildman–Crippen MR) is 125 cm³/mol. The molecule has 5 rings (SSSR count). The number of nitrogens with zero attached hydrogens (tertiary/aromatic N) is 4. The first-order valence-electron chi connectivity index (χ1n) is 10.7. The second-order valence-electron chi connectivity index (χ2n) is 7.73. The van der Waals surface area contributed by atoms with E-state index in [2.05, 4.69) is 15.4 Å². The lowest BCUT2D eigenvalue weighted by Gasteiger charge is -2.11. The molecule has 0 fully saturated rings. The Morgan fingerprint density at radius 3 is 2.64 bits per heavy atom. The van der Waals surface area contributed by atoms with Gasteiger partial charge in [0, 0.05) is 36.9 Å². The molecule has 5 aromatic rings. The van der Waals surface area contributed by atoms with Crippen molar-refractivity contribution >= 4 is 11.6 Å². The van der Waals surface area contributed by atoms with Gasteiger partial charge in [0.05, 0.1) is 11.4 Å². The zero-order valence-corrected chi connectivity index (χ0v) is 18.2. The lowest BCUT2D eigenvalue weighted by molar-refractivity contribution is 0.0951. The zero-order chi connectivity index (χ0) is 22.6. The molecular formula is C26H23N5O2. The van der Waals surface area contributed by atoms with E-state index in [1.54, 1.807) is 35.1 Å². The molecule has 7 nitrogen and oxygen atoms in total. The number of hydrogen-bond donors (Lipinski definition) is 1. The third-order valence-electron chi connectivity index (χ3n) is 5.41. The average molecular weight is 438 g/mol. The highest BCUT2D eigenvalue weighted by molar-refractivity contribution is 5.94. The van der Waals surface area contributed by atoms with E-state index in [4.69, 9.17) is 4.74 Å². The number of benzene rings is 2. The van der Waals surface area contributed by atoms with Crippen LogP contribution in [0.1, 0.15) is 27.2 Å². The first-order chi connectivity index (χ1) is 16.2. The Morgan fingerprint density at radius 2 is 1.85 bits per heavy atom. The Hall–Kier alpha value is -4.39. The molecule has 0 atom stereocenters. The highest BCUT2D eigenvalue weighted by atomic mass is 16.5. The minimum atomic E-state index is -0.146. The molecular weight excluding hydrogens is 414 g/mol. The van der Waals surface area contributed by atoms with E-state index in [1.807, 2.05) is 72.4 Å². The molecule has 0 saturated heterocycles. The maximum Gasteiger partial charge on any atom is 0.251 e. The summed E-state index contributed by atoms with van der Waals surface area (Å²) in [4.78, 5) is 17.3. The van der Waals surface area contributed by atoms with Crippen LogP contribution in [0, 0.1) is 6.92 Å². The fourth-order valence-electron chi connectivity index (χ4n) is 3.71. The number of aromatic nitrogens is 4. The van der Waals surface area contributed by atoms with Gasteiger partial charge >= 0.3 is 0 Å². The van der Waals surface area contributed by atoms with Crippen molar-refractivity contribution in [2.45, 2.75) is 20.1 Å². The van der Waals surface area contributed by atoms with Crippen LogP contribution in [0.3, 0.4) is 0 Å². The number of imidazole rings is 1. The maximum atomic E-state index is 12.7. The summed E-state index contributed by atoms with van der Waals surface area (Å²) in [7, 11) is 0. The van der Waals surface area contributed by atoms with Gasteiger partial charge in [-0.1, -0.05) is 24.3 Å². The first kappa shape index (κ1) is 20.5. The van der Waals surface area contributed by atoms with Gasteiger partial charge in [0.2, 0.25) is 0 Å². The van der Waals surface area contributed by atoms with E-state index < -0.39 is 0 Å². The van der Waals surface area contributed by atoms with Crippen molar-refractivity contribution in [2.75, 3.05) is 0 Å². The largest absolute Gasteiger partial charge is 0.487 e. The van der Waals surface area contributed by atoms with Crippen LogP contribution in [-0.2, 0) is 13.2 Å². The molecule has 7 heteroatoms. The third-order valence-corrected chi connectivity index (χ3v) is 5.41. The Bertz CT molecular complexity index is 1390. The number of pyridine rings is 1. The van der Waals surface area contributed by atoms with E-state index in [0.717, 1.165) is 28.2 Å². The lowest BCUT2D eigenvalue weighted by atomic mass is 10.1. The number of carbonyl (C=O) groups is 1. The Morgan fingerprint density at radius 1 is 1.00 bits per heavy atom. The predicted octanol–water partition coefficient (Wildman–Crippen LogP) is 4.34. The number of carbonyl (C=O) groups excluding carboxylic acids is 1. The number of rotatable bonds is 7. The van der Waals surface area contributed by atoms with Crippen LogP contribution in [0.15, 0.2) is 91.5 Å². The van der Waals surface area contributed by atoms with Gasteiger partial charge < -0.3 is 14.5 Å². The van der Waals surface area contributed by atoms with Gasteiger partial charge in [-0.2, -0.15) is 5.10 Å². The number of nitrogens with one attached hydrogen (secondary N) is 1. The molecule has 0 aliphatic heterocycles. The molecule has 1 amide bonds. The van der Waals surface area contributed by atoms with Crippen molar-refractivity contribution in [3.8, 4) is 11.4 Å². The Kier molecular flexibility index (Phi) is 5.59. The van der Waals surface area contributed by atoms with Gasteiger partial charge in [-0.3, -0.25) is 4.79 Å². The van der Waals surface area contributed by atoms with Gasteiger partial charge in [-0.05, 0) is 60.5 Å². The normalized spacial score (nSPS) is 10.9. The van der Waals surface area contributed by atoms with E-state index >= 15 is 0 Å². The molecule has 2 aromatic carbocycles. The van der Waals surface area contributed by atoms with E-state index in [0.29, 0.717) is 24.5 Å². The number of hydrogen-bond acceptors (Lipinski definition) is 4. The quantitative estimate of drug-likeness (QED) is 0.411. The minimum Gasteiger partial charge on any atom is -0.487 e. The van der Waals surface area contributed by atoms with E-state index in [9.17, 15) is 4.79 Å². The van der Waals surface area contributed by atoms with Crippen LogP contribution in [0.5, 0.6) is 5.75 Å². The van der Waals surface area contributed by atoms with E-state index in [1.165, 1.54) is 0 Å². The molecule has 3 aromatic heterocycles. The highest BCUT2D eigenvalue weighted by Crippen LogP contribution is 2.17. The van der Waals surface area contributed by atoms with Crippen molar-refractivity contribution < 1.29 is 9.53 Å². The number of ether oxygens (including phenoxy) is 1. The van der Waals surface area contributed by atoms with Crippen LogP contribution < -0.4 is 10.1 Å². The molecule has 0 aliphatic rings. The molecule has 0 saturated carbocycles. The number of para-hydroxylation sites is 1. The van der Waals surface area contributed by atoms with Crippen LogP contribution >= 0.6 is 0 Å². The fourth-order valence-corrected chi connectivity index (χ4v) is 3.71. The number of amides is 1.